The highest BCUT2D eigenvalue weighted by atomic mass is 32.2. The van der Waals surface area contributed by atoms with Crippen LogP contribution in [0.25, 0.3) is 0 Å². The predicted molar refractivity (Wildman–Crippen MR) is 109 cm³/mol. The molecule has 1 heterocycles. The molecule has 1 aliphatic heterocycles. The molecule has 0 aliphatic carbocycles. The lowest BCUT2D eigenvalue weighted by Crippen LogP contribution is -2.42. The molecule has 1 saturated heterocycles. The van der Waals surface area contributed by atoms with E-state index in [0.717, 1.165) is 5.57 Å². The molecule has 0 aromatic carbocycles. The molecular formula is C20H33NO6S. The molecule has 1 atom stereocenters. The van der Waals surface area contributed by atoms with Crippen LogP contribution in [-0.4, -0.2) is 59.9 Å². The average molecular weight is 416 g/mol. The molecule has 1 aliphatic rings. The lowest BCUT2D eigenvalue weighted by atomic mass is 9.91. The van der Waals surface area contributed by atoms with Crippen molar-refractivity contribution >= 4 is 29.8 Å². The van der Waals surface area contributed by atoms with Gasteiger partial charge in [-0.15, -0.1) is 11.8 Å². The lowest BCUT2D eigenvalue weighted by molar-refractivity contribution is -0.148. The summed E-state index contributed by atoms with van der Waals surface area (Å²) in [6, 6.07) is 0. The first-order chi connectivity index (χ1) is 12.8. The van der Waals surface area contributed by atoms with Crippen LogP contribution in [0.1, 0.15) is 54.4 Å². The molecule has 1 amide bonds. The minimum atomic E-state index is -0.747. The number of methoxy groups -OCH3 is 1. The molecule has 0 N–H and O–H groups in total. The Morgan fingerprint density at radius 3 is 2.36 bits per heavy atom. The number of hydrogen-bond donors (Lipinski definition) is 0. The smallest absolute Gasteiger partial charge is 0.457 e. The van der Waals surface area contributed by atoms with Crippen molar-refractivity contribution in [3.05, 3.63) is 11.6 Å². The third-order valence-electron chi connectivity index (χ3n) is 3.81. The second kappa shape index (κ2) is 10.2. The summed E-state index contributed by atoms with van der Waals surface area (Å²) in [5, 5.41) is -0.0455. The molecule has 0 aromatic heterocycles. The van der Waals surface area contributed by atoms with Crippen LogP contribution < -0.4 is 0 Å². The molecule has 0 spiro atoms. The summed E-state index contributed by atoms with van der Waals surface area (Å²) in [6.45, 7) is 12.4. The minimum Gasteiger partial charge on any atom is -0.457 e. The first-order valence-electron chi connectivity index (χ1n) is 9.34. The Hall–Kier alpha value is -1.70. The van der Waals surface area contributed by atoms with Crippen LogP contribution in [-0.2, 0) is 23.8 Å². The number of esters is 1. The molecule has 1 rings (SSSR count). The highest BCUT2D eigenvalue weighted by Crippen LogP contribution is 2.30. The number of carbonyl (C=O) groups excluding carboxylic acids is 3. The van der Waals surface area contributed by atoms with E-state index in [9.17, 15) is 14.4 Å². The first kappa shape index (κ1) is 24.3. The van der Waals surface area contributed by atoms with E-state index in [4.69, 9.17) is 9.47 Å². The van der Waals surface area contributed by atoms with Gasteiger partial charge in [0.1, 0.15) is 11.5 Å². The largest absolute Gasteiger partial charge is 0.508 e. The lowest BCUT2D eigenvalue weighted by Gasteiger charge is -2.35. The second-order valence-electron chi connectivity index (χ2n) is 8.97. The van der Waals surface area contributed by atoms with Crippen LogP contribution in [0.4, 0.5) is 4.79 Å². The Bertz CT molecular complexity index is 603. The molecule has 0 aromatic rings. The number of hydrogen-bond acceptors (Lipinski definition) is 7. The summed E-state index contributed by atoms with van der Waals surface area (Å²) >= 11 is 1.40. The zero-order chi connectivity index (χ0) is 21.5. The highest BCUT2D eigenvalue weighted by molar-refractivity contribution is 7.99. The number of likely N-dealkylation sites (tertiary alicyclic amines) is 1. The minimum absolute atomic E-state index is 0.0455. The maximum atomic E-state index is 12.6. The molecule has 8 heteroatoms. The highest BCUT2D eigenvalue weighted by Gasteiger charge is 2.30. The summed E-state index contributed by atoms with van der Waals surface area (Å²) in [6.07, 6.45) is 1.83. The van der Waals surface area contributed by atoms with Crippen molar-refractivity contribution in [3.8, 4) is 0 Å². The van der Waals surface area contributed by atoms with Gasteiger partial charge in [0.15, 0.2) is 0 Å². The van der Waals surface area contributed by atoms with Crippen molar-refractivity contribution in [2.45, 2.75) is 65.2 Å². The third-order valence-corrected chi connectivity index (χ3v) is 5.00. The van der Waals surface area contributed by atoms with Crippen LogP contribution in [0.2, 0.25) is 0 Å². The molecule has 1 fully saturated rings. The van der Waals surface area contributed by atoms with E-state index in [2.05, 4.69) is 4.74 Å². The van der Waals surface area contributed by atoms with Crippen molar-refractivity contribution in [2.75, 3.05) is 26.1 Å². The van der Waals surface area contributed by atoms with Crippen LogP contribution in [0, 0.1) is 5.41 Å². The monoisotopic (exact) mass is 415 g/mol. The van der Waals surface area contributed by atoms with E-state index in [1.807, 2.05) is 20.8 Å². The van der Waals surface area contributed by atoms with E-state index in [-0.39, 0.29) is 22.5 Å². The average Bonchev–Trinajstić information content (AvgIpc) is 2.52. The van der Waals surface area contributed by atoms with Crippen LogP contribution in [0.3, 0.4) is 0 Å². The molecule has 160 valence electrons. The number of ether oxygens (including phenoxy) is 3. The summed E-state index contributed by atoms with van der Waals surface area (Å²) in [4.78, 5) is 37.8. The van der Waals surface area contributed by atoms with E-state index in [1.54, 1.807) is 25.7 Å². The molecule has 0 saturated carbocycles. The first-order valence-corrected chi connectivity index (χ1v) is 10.4. The molecular weight excluding hydrogens is 382 g/mol. The van der Waals surface area contributed by atoms with Gasteiger partial charge in [-0.2, -0.15) is 0 Å². The number of rotatable bonds is 5. The van der Waals surface area contributed by atoms with E-state index in [0.29, 0.717) is 25.9 Å². The summed E-state index contributed by atoms with van der Waals surface area (Å²) in [7, 11) is 1.25. The summed E-state index contributed by atoms with van der Waals surface area (Å²) in [5.74, 6) is -0.261. The quantitative estimate of drug-likeness (QED) is 0.384. The molecule has 1 unspecified atom stereocenters. The Labute approximate surface area is 172 Å². The molecule has 7 nitrogen and oxygen atoms in total. The number of nitrogens with zero attached hydrogens (tertiary/aromatic N) is 1. The van der Waals surface area contributed by atoms with Gasteiger partial charge in [0.2, 0.25) is 5.91 Å². The standard InChI is InChI=1S/C20H33NO6S/c1-19(2,3)11-16(22)21-9-8-15(28-13-26-18(24)25-7)14(12-21)10-17(23)27-20(4,5)6/h10,15H,8-9,11-13H2,1-7H3/b14-10-. The maximum Gasteiger partial charge on any atom is 0.508 e. The Morgan fingerprint density at radius 2 is 1.82 bits per heavy atom. The SMILES string of the molecule is COC(=O)OCSC1CCN(C(=O)CC(C)(C)C)C/C1=C/C(=O)OC(C)(C)C. The zero-order valence-corrected chi connectivity index (χ0v) is 18.8. The number of piperidine rings is 1. The van der Waals surface area contributed by atoms with Gasteiger partial charge in [-0.25, -0.2) is 9.59 Å². The fraction of sp³-hybridized carbons (Fsp3) is 0.750. The fourth-order valence-corrected chi connectivity index (χ4v) is 3.63. The third kappa shape index (κ3) is 9.48. The van der Waals surface area contributed by atoms with E-state index in [1.165, 1.54) is 24.9 Å². The number of thioether (sulfide) groups is 1. The van der Waals surface area contributed by atoms with Gasteiger partial charge in [0, 0.05) is 30.8 Å². The van der Waals surface area contributed by atoms with Crippen molar-refractivity contribution < 1.29 is 28.6 Å². The van der Waals surface area contributed by atoms with Crippen molar-refractivity contribution in [1.29, 1.82) is 0 Å². The zero-order valence-electron chi connectivity index (χ0n) is 18.0. The van der Waals surface area contributed by atoms with Gasteiger partial charge in [-0.3, -0.25) is 4.79 Å². The van der Waals surface area contributed by atoms with Crippen LogP contribution >= 0.6 is 11.8 Å². The predicted octanol–water partition coefficient (Wildman–Crippen LogP) is 3.77. The van der Waals surface area contributed by atoms with Gasteiger partial charge in [-0.05, 0) is 38.2 Å². The topological polar surface area (TPSA) is 82.1 Å². The molecule has 0 radical (unpaired) electrons. The molecule has 0 bridgehead atoms. The van der Waals surface area contributed by atoms with Crippen LogP contribution in [0.5, 0.6) is 0 Å². The Morgan fingerprint density at radius 1 is 1.18 bits per heavy atom. The van der Waals surface area contributed by atoms with Gasteiger partial charge in [-0.1, -0.05) is 20.8 Å². The summed E-state index contributed by atoms with van der Waals surface area (Å²) in [5.41, 5.74) is 0.0917. The van der Waals surface area contributed by atoms with Crippen molar-refractivity contribution in [1.82, 2.24) is 4.90 Å². The Kier molecular flexibility index (Phi) is 8.85. The second-order valence-corrected chi connectivity index (χ2v) is 10.1. The van der Waals surface area contributed by atoms with Crippen LogP contribution in [0.15, 0.2) is 11.6 Å². The number of carbonyl (C=O) groups is 3. The van der Waals surface area contributed by atoms with Crippen molar-refractivity contribution in [3.63, 3.8) is 0 Å². The van der Waals surface area contributed by atoms with Crippen molar-refractivity contribution in [2.24, 2.45) is 5.41 Å². The van der Waals surface area contributed by atoms with E-state index >= 15 is 0 Å². The normalized spacial score (nSPS) is 19.3. The maximum absolute atomic E-state index is 12.6. The Balaban J connectivity index is 2.87. The van der Waals surface area contributed by atoms with Gasteiger partial charge in [0.05, 0.1) is 7.11 Å². The number of amides is 1. The van der Waals surface area contributed by atoms with E-state index < -0.39 is 17.7 Å². The fourth-order valence-electron chi connectivity index (χ4n) is 2.67. The van der Waals surface area contributed by atoms with Gasteiger partial charge in [0.25, 0.3) is 0 Å². The van der Waals surface area contributed by atoms with Gasteiger partial charge >= 0.3 is 12.1 Å². The van der Waals surface area contributed by atoms with Gasteiger partial charge < -0.3 is 19.1 Å². The molecule has 28 heavy (non-hydrogen) atoms. The summed E-state index contributed by atoms with van der Waals surface area (Å²) < 4.78 is 14.8.